The van der Waals surface area contributed by atoms with Crippen LogP contribution in [0.4, 0.5) is 5.82 Å². The van der Waals surface area contributed by atoms with E-state index in [1.165, 1.54) is 0 Å². The Balaban J connectivity index is 2.34. The van der Waals surface area contributed by atoms with Crippen LogP contribution >= 0.6 is 0 Å². The fraction of sp³-hybridized carbons (Fsp3) is 0.429. The van der Waals surface area contributed by atoms with Crippen LogP contribution in [0.5, 0.6) is 0 Å². The second-order valence-electron chi connectivity index (χ2n) is 2.30. The Bertz CT molecular complexity index is 258. The van der Waals surface area contributed by atoms with E-state index in [9.17, 15) is 0 Å². The average Bonchev–Trinajstić information content (AvgIpc) is 2.37. The van der Waals surface area contributed by atoms with Gasteiger partial charge < -0.3 is 10.3 Å². The third kappa shape index (κ3) is 2.30. The molecular weight excluding hydrogens is 140 g/mol. The van der Waals surface area contributed by atoms with Gasteiger partial charge >= 0.3 is 0 Å². The van der Waals surface area contributed by atoms with Crippen molar-refractivity contribution in [2.45, 2.75) is 19.4 Å². The van der Waals surface area contributed by atoms with E-state index in [0.29, 0.717) is 12.2 Å². The Morgan fingerprint density at radius 3 is 3.09 bits per heavy atom. The summed E-state index contributed by atoms with van der Waals surface area (Å²) in [5, 5.41) is 8.25. The van der Waals surface area contributed by atoms with E-state index in [1.54, 1.807) is 12.5 Å². The van der Waals surface area contributed by atoms with Crippen LogP contribution in [-0.2, 0) is 6.54 Å². The molecule has 2 N–H and O–H groups in total. The monoisotopic (exact) mass is 150 g/mol. The minimum absolute atomic E-state index is 0.530. The van der Waals surface area contributed by atoms with Crippen LogP contribution in [0.2, 0.25) is 0 Å². The fourth-order valence-corrected chi connectivity index (χ4v) is 0.840. The molecule has 0 radical (unpaired) electrons. The molecule has 0 aliphatic rings. The van der Waals surface area contributed by atoms with Gasteiger partial charge in [-0.2, -0.15) is 5.26 Å². The first-order chi connectivity index (χ1) is 5.33. The number of hydrogen-bond acceptors (Lipinski definition) is 3. The largest absolute Gasteiger partial charge is 0.382 e. The number of aryl methyl sites for hydroxylation is 1. The van der Waals surface area contributed by atoms with Gasteiger partial charge in [-0.1, -0.05) is 0 Å². The summed E-state index contributed by atoms with van der Waals surface area (Å²) in [6.45, 7) is 0.817. The molecule has 0 fully saturated rings. The molecule has 0 atom stereocenters. The Kier molecular flexibility index (Phi) is 2.50. The van der Waals surface area contributed by atoms with Crippen molar-refractivity contribution in [1.29, 1.82) is 5.26 Å². The molecule has 0 aliphatic heterocycles. The van der Waals surface area contributed by atoms with Crippen LogP contribution in [0.3, 0.4) is 0 Å². The Morgan fingerprint density at radius 2 is 2.55 bits per heavy atom. The molecule has 1 heterocycles. The number of hydrogen-bond donors (Lipinski definition) is 1. The van der Waals surface area contributed by atoms with Gasteiger partial charge in [-0.15, -0.1) is 0 Å². The first-order valence-corrected chi connectivity index (χ1v) is 3.47. The highest BCUT2D eigenvalue weighted by atomic mass is 15.1. The fourth-order valence-electron chi connectivity index (χ4n) is 0.840. The van der Waals surface area contributed by atoms with Crippen LogP contribution in [0.1, 0.15) is 12.8 Å². The van der Waals surface area contributed by atoms with Crippen molar-refractivity contribution in [1.82, 2.24) is 9.55 Å². The Hall–Kier alpha value is -1.50. The van der Waals surface area contributed by atoms with E-state index in [4.69, 9.17) is 11.0 Å². The van der Waals surface area contributed by atoms with Gasteiger partial charge in [-0.05, 0) is 6.42 Å². The number of nitrogens with two attached hydrogens (primary N) is 1. The number of nitrogens with zero attached hydrogens (tertiary/aromatic N) is 3. The summed E-state index contributed by atoms with van der Waals surface area (Å²) in [5.74, 6) is 0.530. The number of nitriles is 1. The lowest BCUT2D eigenvalue weighted by atomic mass is 10.3. The van der Waals surface area contributed by atoms with Gasteiger partial charge in [0.2, 0.25) is 0 Å². The summed E-state index contributed by atoms with van der Waals surface area (Å²) < 4.78 is 1.88. The zero-order valence-electron chi connectivity index (χ0n) is 6.20. The molecule has 1 aromatic rings. The lowest BCUT2D eigenvalue weighted by Crippen LogP contribution is -1.93. The zero-order chi connectivity index (χ0) is 8.10. The normalized spacial score (nSPS) is 9.36. The van der Waals surface area contributed by atoms with E-state index in [2.05, 4.69) is 11.1 Å². The van der Waals surface area contributed by atoms with E-state index in [1.807, 2.05) is 4.57 Å². The lowest BCUT2D eigenvalue weighted by Gasteiger charge is -1.95. The van der Waals surface area contributed by atoms with Crippen molar-refractivity contribution in [2.24, 2.45) is 0 Å². The molecule has 0 amide bonds. The highest BCUT2D eigenvalue weighted by molar-refractivity contribution is 5.22. The summed E-state index contributed by atoms with van der Waals surface area (Å²) in [7, 11) is 0. The predicted molar refractivity (Wildman–Crippen MR) is 41.5 cm³/mol. The van der Waals surface area contributed by atoms with Crippen LogP contribution < -0.4 is 5.73 Å². The van der Waals surface area contributed by atoms with E-state index in [0.717, 1.165) is 13.0 Å². The second kappa shape index (κ2) is 3.62. The van der Waals surface area contributed by atoms with Crippen LogP contribution in [0.25, 0.3) is 0 Å². The first kappa shape index (κ1) is 7.61. The van der Waals surface area contributed by atoms with Crippen molar-refractivity contribution in [2.75, 3.05) is 5.73 Å². The van der Waals surface area contributed by atoms with Gasteiger partial charge in [0.25, 0.3) is 0 Å². The summed E-state index contributed by atoms with van der Waals surface area (Å²) >= 11 is 0. The van der Waals surface area contributed by atoms with Gasteiger partial charge in [0.1, 0.15) is 5.82 Å². The average molecular weight is 150 g/mol. The van der Waals surface area contributed by atoms with Crippen molar-refractivity contribution >= 4 is 5.82 Å². The maximum absolute atomic E-state index is 8.25. The third-order valence-electron chi connectivity index (χ3n) is 1.36. The summed E-state index contributed by atoms with van der Waals surface area (Å²) in [6.07, 6.45) is 4.87. The third-order valence-corrected chi connectivity index (χ3v) is 1.36. The van der Waals surface area contributed by atoms with Crippen molar-refractivity contribution in [3.63, 3.8) is 0 Å². The Labute approximate surface area is 65.3 Å². The number of imidazole rings is 1. The molecule has 11 heavy (non-hydrogen) atoms. The smallest absolute Gasteiger partial charge is 0.141 e. The molecule has 0 unspecified atom stereocenters. The molecule has 0 saturated heterocycles. The SMILES string of the molecule is N#CCCCn1cnc(N)c1. The maximum atomic E-state index is 8.25. The Morgan fingerprint density at radius 1 is 1.73 bits per heavy atom. The summed E-state index contributed by atoms with van der Waals surface area (Å²) in [5.41, 5.74) is 5.39. The number of nitrogen functional groups attached to an aromatic ring is 1. The highest BCUT2D eigenvalue weighted by Gasteiger charge is 1.92. The molecular formula is C7H10N4. The van der Waals surface area contributed by atoms with Gasteiger partial charge in [0.05, 0.1) is 12.4 Å². The quantitative estimate of drug-likeness (QED) is 0.647. The summed E-state index contributed by atoms with van der Waals surface area (Å²) in [4.78, 5) is 3.85. The number of unbranched alkanes of at least 4 members (excludes halogenated alkanes) is 1. The molecule has 0 aliphatic carbocycles. The maximum Gasteiger partial charge on any atom is 0.141 e. The van der Waals surface area contributed by atoms with E-state index < -0.39 is 0 Å². The van der Waals surface area contributed by atoms with Gasteiger partial charge in [0.15, 0.2) is 0 Å². The first-order valence-electron chi connectivity index (χ1n) is 3.47. The lowest BCUT2D eigenvalue weighted by molar-refractivity contribution is 0.653. The standard InChI is InChI=1S/C7H10N4/c8-3-1-2-4-11-5-7(9)10-6-11/h5-6H,1-2,4,9H2. The van der Waals surface area contributed by atoms with E-state index in [-0.39, 0.29) is 0 Å². The minimum Gasteiger partial charge on any atom is -0.382 e. The van der Waals surface area contributed by atoms with Gasteiger partial charge in [-0.3, -0.25) is 0 Å². The number of anilines is 1. The molecule has 0 saturated carbocycles. The molecule has 1 rings (SSSR count). The molecule has 0 aromatic carbocycles. The second-order valence-corrected chi connectivity index (χ2v) is 2.30. The molecule has 58 valence electrons. The van der Waals surface area contributed by atoms with E-state index >= 15 is 0 Å². The molecule has 0 spiro atoms. The number of aromatic nitrogens is 2. The molecule has 0 bridgehead atoms. The van der Waals surface area contributed by atoms with Crippen molar-refractivity contribution < 1.29 is 0 Å². The van der Waals surface area contributed by atoms with Crippen molar-refractivity contribution in [3.8, 4) is 6.07 Å². The predicted octanol–water partition coefficient (Wildman–Crippen LogP) is 0.769. The van der Waals surface area contributed by atoms with Gasteiger partial charge in [-0.25, -0.2) is 4.98 Å². The van der Waals surface area contributed by atoms with Crippen LogP contribution in [0, 0.1) is 11.3 Å². The van der Waals surface area contributed by atoms with Crippen LogP contribution in [-0.4, -0.2) is 9.55 Å². The molecule has 4 nitrogen and oxygen atoms in total. The molecule has 4 heteroatoms. The highest BCUT2D eigenvalue weighted by Crippen LogP contribution is 1.98. The van der Waals surface area contributed by atoms with Gasteiger partial charge in [0, 0.05) is 19.2 Å². The topological polar surface area (TPSA) is 67.6 Å². The molecule has 1 aromatic heterocycles. The number of rotatable bonds is 3. The van der Waals surface area contributed by atoms with Crippen molar-refractivity contribution in [3.05, 3.63) is 12.5 Å². The summed E-state index contributed by atoms with van der Waals surface area (Å²) in [6, 6.07) is 2.08. The minimum atomic E-state index is 0.530. The zero-order valence-corrected chi connectivity index (χ0v) is 6.20. The van der Waals surface area contributed by atoms with Crippen LogP contribution in [0.15, 0.2) is 12.5 Å².